The van der Waals surface area contributed by atoms with Crippen molar-refractivity contribution in [2.24, 2.45) is 0 Å². The maximum Gasteiger partial charge on any atom is 0.238 e. The molecule has 23 heavy (non-hydrogen) atoms. The first-order chi connectivity index (χ1) is 11.1. The summed E-state index contributed by atoms with van der Waals surface area (Å²) < 4.78 is 4.92. The molecule has 0 aliphatic carbocycles. The molecule has 0 saturated heterocycles. The van der Waals surface area contributed by atoms with Gasteiger partial charge in [-0.3, -0.25) is 14.5 Å². The predicted molar refractivity (Wildman–Crippen MR) is 91.4 cm³/mol. The molecule has 0 aromatic heterocycles. The van der Waals surface area contributed by atoms with Crippen LogP contribution in [0.4, 0.5) is 5.69 Å². The molecule has 6 heteroatoms. The fourth-order valence-corrected chi connectivity index (χ4v) is 2.19. The number of carbonyl (C=O) groups is 2. The smallest absolute Gasteiger partial charge is 0.238 e. The van der Waals surface area contributed by atoms with Gasteiger partial charge in [-0.1, -0.05) is 25.1 Å². The standard InChI is InChI=1S/C17H27N3O3/c1-4-14-8-5-6-9-15(14)19-17(22)13-20(2)12-16(21)18-10-7-11-23-3/h5-6,8-9H,4,7,10-13H2,1-3H3,(H,18,21)(H,19,22). The van der Waals surface area contributed by atoms with Gasteiger partial charge in [0.05, 0.1) is 13.1 Å². The molecule has 0 saturated carbocycles. The molecule has 0 fully saturated rings. The fourth-order valence-electron chi connectivity index (χ4n) is 2.19. The summed E-state index contributed by atoms with van der Waals surface area (Å²) in [6, 6.07) is 7.73. The van der Waals surface area contributed by atoms with Crippen LogP contribution in [0.15, 0.2) is 24.3 Å². The predicted octanol–water partition coefficient (Wildman–Crippen LogP) is 1.27. The Balaban J connectivity index is 2.34. The van der Waals surface area contributed by atoms with Crippen LogP contribution in [0.1, 0.15) is 18.9 Å². The van der Waals surface area contributed by atoms with E-state index in [2.05, 4.69) is 10.6 Å². The molecule has 1 aromatic rings. The first-order valence-electron chi connectivity index (χ1n) is 7.88. The minimum atomic E-state index is -0.124. The van der Waals surface area contributed by atoms with Gasteiger partial charge in [0.15, 0.2) is 0 Å². The summed E-state index contributed by atoms with van der Waals surface area (Å²) in [5, 5.41) is 5.69. The van der Waals surface area contributed by atoms with Crippen LogP contribution < -0.4 is 10.6 Å². The monoisotopic (exact) mass is 321 g/mol. The number of likely N-dealkylation sites (N-methyl/N-ethyl adjacent to an activating group) is 1. The quantitative estimate of drug-likeness (QED) is 0.637. The van der Waals surface area contributed by atoms with E-state index in [0.29, 0.717) is 13.2 Å². The van der Waals surface area contributed by atoms with Crippen molar-refractivity contribution in [3.8, 4) is 0 Å². The van der Waals surface area contributed by atoms with E-state index in [0.717, 1.165) is 24.1 Å². The molecule has 0 atom stereocenters. The number of nitrogens with one attached hydrogen (secondary N) is 2. The SMILES string of the molecule is CCc1ccccc1NC(=O)CN(C)CC(=O)NCCCOC. The molecule has 0 aliphatic heterocycles. The number of hydrogen-bond donors (Lipinski definition) is 2. The molecule has 0 spiro atoms. The Labute approximate surface area is 138 Å². The molecule has 1 rings (SSSR count). The minimum absolute atomic E-state index is 0.0923. The highest BCUT2D eigenvalue weighted by Crippen LogP contribution is 2.15. The van der Waals surface area contributed by atoms with Crippen molar-refractivity contribution in [2.45, 2.75) is 19.8 Å². The van der Waals surface area contributed by atoms with E-state index in [9.17, 15) is 9.59 Å². The first kappa shape index (κ1) is 19.1. The van der Waals surface area contributed by atoms with Crippen molar-refractivity contribution >= 4 is 17.5 Å². The molecule has 2 amide bonds. The lowest BCUT2D eigenvalue weighted by Gasteiger charge is -2.17. The van der Waals surface area contributed by atoms with Crippen molar-refractivity contribution in [1.29, 1.82) is 0 Å². The largest absolute Gasteiger partial charge is 0.385 e. The summed E-state index contributed by atoms with van der Waals surface area (Å²) in [5.41, 5.74) is 1.93. The Morgan fingerprint density at radius 3 is 2.57 bits per heavy atom. The number of hydrogen-bond acceptors (Lipinski definition) is 4. The number of anilines is 1. The van der Waals surface area contributed by atoms with Crippen molar-refractivity contribution in [3.05, 3.63) is 29.8 Å². The highest BCUT2D eigenvalue weighted by molar-refractivity contribution is 5.93. The van der Waals surface area contributed by atoms with Crippen LogP contribution >= 0.6 is 0 Å². The Morgan fingerprint density at radius 1 is 1.17 bits per heavy atom. The normalized spacial score (nSPS) is 10.6. The maximum atomic E-state index is 12.1. The number of aryl methyl sites for hydroxylation is 1. The number of nitrogens with zero attached hydrogens (tertiary/aromatic N) is 1. The Kier molecular flexibility index (Phi) is 8.94. The second-order valence-electron chi connectivity index (χ2n) is 5.43. The summed E-state index contributed by atoms with van der Waals surface area (Å²) in [6.07, 6.45) is 1.64. The average Bonchev–Trinajstić information content (AvgIpc) is 2.51. The first-order valence-corrected chi connectivity index (χ1v) is 7.88. The maximum absolute atomic E-state index is 12.1. The van der Waals surface area contributed by atoms with Gasteiger partial charge >= 0.3 is 0 Å². The Hall–Kier alpha value is -1.92. The molecule has 128 valence electrons. The zero-order valence-corrected chi connectivity index (χ0v) is 14.2. The van der Waals surface area contributed by atoms with Crippen molar-refractivity contribution in [3.63, 3.8) is 0 Å². The lowest BCUT2D eigenvalue weighted by Crippen LogP contribution is -2.39. The number of ether oxygens (including phenoxy) is 1. The number of methoxy groups -OCH3 is 1. The number of carbonyl (C=O) groups excluding carboxylic acids is 2. The summed E-state index contributed by atoms with van der Waals surface area (Å²) in [7, 11) is 3.38. The topological polar surface area (TPSA) is 70.7 Å². The van der Waals surface area contributed by atoms with Gasteiger partial charge in [0.25, 0.3) is 0 Å². The highest BCUT2D eigenvalue weighted by atomic mass is 16.5. The summed E-state index contributed by atoms with van der Waals surface area (Å²) in [6.45, 7) is 3.61. The van der Waals surface area contributed by atoms with Gasteiger partial charge in [-0.05, 0) is 31.5 Å². The molecule has 0 unspecified atom stereocenters. The van der Waals surface area contributed by atoms with Gasteiger partial charge in [-0.15, -0.1) is 0 Å². The number of amides is 2. The van der Waals surface area contributed by atoms with Crippen molar-refractivity contribution in [1.82, 2.24) is 10.2 Å². The molecule has 1 aromatic carbocycles. The third-order valence-electron chi connectivity index (χ3n) is 3.35. The number of para-hydroxylation sites is 1. The Bertz CT molecular complexity index is 506. The van der Waals surface area contributed by atoms with E-state index < -0.39 is 0 Å². The molecule has 0 radical (unpaired) electrons. The van der Waals surface area contributed by atoms with E-state index >= 15 is 0 Å². The van der Waals surface area contributed by atoms with Crippen LogP contribution in [-0.2, 0) is 20.7 Å². The fraction of sp³-hybridized carbons (Fsp3) is 0.529. The second kappa shape index (κ2) is 10.7. The van der Waals surface area contributed by atoms with E-state index in [4.69, 9.17) is 4.74 Å². The molecular formula is C17H27N3O3. The molecule has 0 aliphatic rings. The molecule has 0 bridgehead atoms. The average molecular weight is 321 g/mol. The zero-order valence-electron chi connectivity index (χ0n) is 14.2. The molecule has 0 heterocycles. The third-order valence-corrected chi connectivity index (χ3v) is 3.35. The summed E-state index contributed by atoms with van der Waals surface area (Å²) in [5.74, 6) is -0.217. The molecule has 2 N–H and O–H groups in total. The molecular weight excluding hydrogens is 294 g/mol. The van der Waals surface area contributed by atoms with Crippen LogP contribution in [0.2, 0.25) is 0 Å². The van der Waals surface area contributed by atoms with Gasteiger partial charge < -0.3 is 15.4 Å². The van der Waals surface area contributed by atoms with Gasteiger partial charge in [-0.25, -0.2) is 0 Å². The lowest BCUT2D eigenvalue weighted by molar-refractivity contribution is -0.123. The van der Waals surface area contributed by atoms with Crippen LogP contribution in [0.5, 0.6) is 0 Å². The van der Waals surface area contributed by atoms with Crippen molar-refractivity contribution in [2.75, 3.05) is 45.7 Å². The lowest BCUT2D eigenvalue weighted by atomic mass is 10.1. The third kappa shape index (κ3) is 7.76. The summed E-state index contributed by atoms with van der Waals surface area (Å²) >= 11 is 0. The van der Waals surface area contributed by atoms with Gasteiger partial charge in [0.1, 0.15) is 0 Å². The second-order valence-corrected chi connectivity index (χ2v) is 5.43. The van der Waals surface area contributed by atoms with E-state index in [1.54, 1.807) is 19.1 Å². The van der Waals surface area contributed by atoms with Gasteiger partial charge in [0.2, 0.25) is 11.8 Å². The zero-order chi connectivity index (χ0) is 17.1. The van der Waals surface area contributed by atoms with Crippen LogP contribution in [0, 0.1) is 0 Å². The number of rotatable bonds is 10. The van der Waals surface area contributed by atoms with Gasteiger partial charge in [0, 0.05) is 25.9 Å². The van der Waals surface area contributed by atoms with Crippen LogP contribution in [0.3, 0.4) is 0 Å². The van der Waals surface area contributed by atoms with E-state index in [1.807, 2.05) is 31.2 Å². The van der Waals surface area contributed by atoms with Crippen LogP contribution in [-0.4, -0.2) is 57.1 Å². The summed E-state index contributed by atoms with van der Waals surface area (Å²) in [4.78, 5) is 25.5. The minimum Gasteiger partial charge on any atom is -0.385 e. The molecule has 6 nitrogen and oxygen atoms in total. The van der Waals surface area contributed by atoms with E-state index in [1.165, 1.54) is 0 Å². The Morgan fingerprint density at radius 2 is 1.87 bits per heavy atom. The van der Waals surface area contributed by atoms with Crippen LogP contribution in [0.25, 0.3) is 0 Å². The highest BCUT2D eigenvalue weighted by Gasteiger charge is 2.11. The van der Waals surface area contributed by atoms with Crippen molar-refractivity contribution < 1.29 is 14.3 Å². The number of benzene rings is 1. The van der Waals surface area contributed by atoms with E-state index in [-0.39, 0.29) is 24.9 Å². The van der Waals surface area contributed by atoms with Gasteiger partial charge in [-0.2, -0.15) is 0 Å².